The number of carboxylic acid groups (broad SMARTS) is 1. The van der Waals surface area contributed by atoms with Gasteiger partial charge in [0.2, 0.25) is 17.7 Å². The van der Waals surface area contributed by atoms with E-state index in [9.17, 15) is 19.2 Å². The molecule has 0 saturated carbocycles. The van der Waals surface area contributed by atoms with Crippen molar-refractivity contribution in [1.82, 2.24) is 16.0 Å². The molecule has 0 aliphatic carbocycles. The molecule has 0 rings (SSSR count). The van der Waals surface area contributed by atoms with E-state index in [-0.39, 0.29) is 11.7 Å². The number of nitrogens with two attached hydrogens (primary N) is 1. The molecule has 9 nitrogen and oxygen atoms in total. The SMILES string of the molecule is CC(NC(=O)C(NC(=O)C(N)CS)C(C)C)C(=O)NCC(=O)O. The Balaban J connectivity index is 4.70. The molecule has 10 heteroatoms. The molecule has 0 fully saturated rings. The van der Waals surface area contributed by atoms with Crippen LogP contribution in [0, 0.1) is 5.92 Å². The van der Waals surface area contributed by atoms with E-state index in [1.54, 1.807) is 13.8 Å². The summed E-state index contributed by atoms with van der Waals surface area (Å²) in [6.45, 7) is 4.33. The lowest BCUT2D eigenvalue weighted by Gasteiger charge is -2.24. The predicted molar refractivity (Wildman–Crippen MR) is 86.8 cm³/mol. The minimum absolute atomic E-state index is 0.131. The standard InChI is InChI=1S/C13H24N4O5S/c1-6(2)10(17-12(21)8(14)5-23)13(22)16-7(3)11(20)15-4-9(18)19/h6-8,10,23H,4-5,14H2,1-3H3,(H,15,20)(H,16,22)(H,17,21)(H,18,19). The monoisotopic (exact) mass is 348 g/mol. The third-order valence-electron chi connectivity index (χ3n) is 2.95. The molecule has 0 spiro atoms. The lowest BCUT2D eigenvalue weighted by Crippen LogP contribution is -2.57. The average molecular weight is 348 g/mol. The zero-order valence-electron chi connectivity index (χ0n) is 13.3. The molecule has 3 atom stereocenters. The van der Waals surface area contributed by atoms with E-state index in [4.69, 9.17) is 10.8 Å². The first-order valence-corrected chi connectivity index (χ1v) is 7.70. The van der Waals surface area contributed by atoms with Gasteiger partial charge in [-0.3, -0.25) is 19.2 Å². The van der Waals surface area contributed by atoms with E-state index in [0.29, 0.717) is 0 Å². The number of amides is 3. The smallest absolute Gasteiger partial charge is 0.322 e. The van der Waals surface area contributed by atoms with Gasteiger partial charge in [-0.15, -0.1) is 0 Å². The van der Waals surface area contributed by atoms with Crippen molar-refractivity contribution in [3.05, 3.63) is 0 Å². The minimum Gasteiger partial charge on any atom is -0.480 e. The summed E-state index contributed by atoms with van der Waals surface area (Å²) in [5.74, 6) is -3.01. The lowest BCUT2D eigenvalue weighted by atomic mass is 10.0. The van der Waals surface area contributed by atoms with Crippen LogP contribution < -0.4 is 21.7 Å². The highest BCUT2D eigenvalue weighted by Gasteiger charge is 2.28. The van der Waals surface area contributed by atoms with Gasteiger partial charge in [0.05, 0.1) is 6.04 Å². The number of rotatable bonds is 9. The van der Waals surface area contributed by atoms with Crippen molar-refractivity contribution in [3.8, 4) is 0 Å². The first-order chi connectivity index (χ1) is 10.6. The Labute approximate surface area is 140 Å². The van der Waals surface area contributed by atoms with E-state index in [1.165, 1.54) is 6.92 Å². The molecule has 23 heavy (non-hydrogen) atoms. The van der Waals surface area contributed by atoms with Gasteiger partial charge in [-0.05, 0) is 12.8 Å². The van der Waals surface area contributed by atoms with Crippen LogP contribution in [-0.2, 0) is 19.2 Å². The molecule has 0 radical (unpaired) electrons. The number of nitrogens with one attached hydrogen (secondary N) is 3. The van der Waals surface area contributed by atoms with Gasteiger partial charge in [-0.1, -0.05) is 13.8 Å². The minimum atomic E-state index is -1.19. The molecular weight excluding hydrogens is 324 g/mol. The maximum Gasteiger partial charge on any atom is 0.322 e. The summed E-state index contributed by atoms with van der Waals surface area (Å²) in [6, 6.07) is -2.66. The lowest BCUT2D eigenvalue weighted by molar-refractivity contribution is -0.138. The van der Waals surface area contributed by atoms with Gasteiger partial charge in [0.25, 0.3) is 0 Å². The van der Waals surface area contributed by atoms with E-state index in [0.717, 1.165) is 0 Å². The van der Waals surface area contributed by atoms with Crippen LogP contribution in [0.25, 0.3) is 0 Å². The van der Waals surface area contributed by atoms with Gasteiger partial charge >= 0.3 is 5.97 Å². The van der Waals surface area contributed by atoms with Crippen molar-refractivity contribution in [2.45, 2.75) is 38.9 Å². The van der Waals surface area contributed by atoms with Crippen molar-refractivity contribution in [1.29, 1.82) is 0 Å². The maximum absolute atomic E-state index is 12.2. The Hall–Kier alpha value is -1.81. The fourth-order valence-corrected chi connectivity index (χ4v) is 1.73. The maximum atomic E-state index is 12.2. The second kappa shape index (κ2) is 10.1. The van der Waals surface area contributed by atoms with E-state index in [1.807, 2.05) is 0 Å². The fourth-order valence-electron chi connectivity index (χ4n) is 1.56. The molecule has 0 aromatic rings. The summed E-state index contributed by atoms with van der Waals surface area (Å²) in [4.78, 5) is 46.0. The molecule has 6 N–H and O–H groups in total. The van der Waals surface area contributed by atoms with E-state index >= 15 is 0 Å². The molecule has 132 valence electrons. The molecule has 0 aliphatic rings. The Morgan fingerprint density at radius 1 is 1.04 bits per heavy atom. The van der Waals surface area contributed by atoms with Crippen molar-refractivity contribution >= 4 is 36.3 Å². The average Bonchev–Trinajstić information content (AvgIpc) is 2.48. The summed E-state index contributed by atoms with van der Waals surface area (Å²) in [5.41, 5.74) is 5.54. The summed E-state index contributed by atoms with van der Waals surface area (Å²) in [5, 5.41) is 15.6. The molecule has 0 aromatic carbocycles. The van der Waals surface area contributed by atoms with Crippen molar-refractivity contribution in [2.75, 3.05) is 12.3 Å². The quantitative estimate of drug-likeness (QED) is 0.268. The number of carboxylic acids is 1. The third-order valence-corrected chi connectivity index (χ3v) is 3.34. The molecule has 3 amide bonds. The number of thiol groups is 1. The van der Waals surface area contributed by atoms with Crippen LogP contribution in [0.4, 0.5) is 0 Å². The van der Waals surface area contributed by atoms with Gasteiger partial charge < -0.3 is 26.8 Å². The van der Waals surface area contributed by atoms with Crippen LogP contribution in [0.1, 0.15) is 20.8 Å². The zero-order chi connectivity index (χ0) is 18.2. The Morgan fingerprint density at radius 2 is 1.61 bits per heavy atom. The highest BCUT2D eigenvalue weighted by Crippen LogP contribution is 2.03. The first-order valence-electron chi connectivity index (χ1n) is 7.06. The number of carbonyl (C=O) groups is 4. The molecule has 0 aliphatic heterocycles. The van der Waals surface area contributed by atoms with Gasteiger partial charge in [-0.2, -0.15) is 12.6 Å². The van der Waals surface area contributed by atoms with Crippen LogP contribution >= 0.6 is 12.6 Å². The molecule has 3 unspecified atom stereocenters. The van der Waals surface area contributed by atoms with Crippen LogP contribution in [0.2, 0.25) is 0 Å². The van der Waals surface area contributed by atoms with Crippen molar-refractivity contribution in [3.63, 3.8) is 0 Å². The molecule has 0 heterocycles. The van der Waals surface area contributed by atoms with Crippen LogP contribution in [0.5, 0.6) is 0 Å². The van der Waals surface area contributed by atoms with Crippen molar-refractivity contribution < 1.29 is 24.3 Å². The zero-order valence-corrected chi connectivity index (χ0v) is 14.2. The van der Waals surface area contributed by atoms with Crippen LogP contribution in [-0.4, -0.2) is 59.2 Å². The number of hydrogen-bond donors (Lipinski definition) is 6. The topological polar surface area (TPSA) is 151 Å². The Morgan fingerprint density at radius 3 is 2.04 bits per heavy atom. The summed E-state index contributed by atoms with van der Waals surface area (Å²) < 4.78 is 0. The van der Waals surface area contributed by atoms with Gasteiger partial charge in [0.15, 0.2) is 0 Å². The van der Waals surface area contributed by atoms with Crippen LogP contribution in [0.3, 0.4) is 0 Å². The first kappa shape index (κ1) is 21.2. The van der Waals surface area contributed by atoms with Crippen molar-refractivity contribution in [2.24, 2.45) is 11.7 Å². The van der Waals surface area contributed by atoms with E-state index < -0.39 is 48.4 Å². The molecule has 0 aromatic heterocycles. The summed E-state index contributed by atoms with van der Waals surface area (Å²) in [7, 11) is 0. The third kappa shape index (κ3) is 7.84. The summed E-state index contributed by atoms with van der Waals surface area (Å²) in [6.07, 6.45) is 0. The predicted octanol–water partition coefficient (Wildman–Crippen LogP) is -1.91. The highest BCUT2D eigenvalue weighted by atomic mass is 32.1. The summed E-state index contributed by atoms with van der Waals surface area (Å²) >= 11 is 3.92. The fraction of sp³-hybridized carbons (Fsp3) is 0.692. The van der Waals surface area contributed by atoms with E-state index in [2.05, 4.69) is 28.6 Å². The Bertz CT molecular complexity index is 458. The molecule has 0 bridgehead atoms. The largest absolute Gasteiger partial charge is 0.480 e. The van der Waals surface area contributed by atoms with Gasteiger partial charge in [0, 0.05) is 5.75 Å². The van der Waals surface area contributed by atoms with Gasteiger partial charge in [0.1, 0.15) is 18.6 Å². The second-order valence-corrected chi connectivity index (χ2v) is 5.73. The number of aliphatic carboxylic acids is 1. The number of carbonyl (C=O) groups excluding carboxylic acids is 3. The second-order valence-electron chi connectivity index (χ2n) is 5.36. The normalized spacial score (nSPS) is 14.5. The van der Waals surface area contributed by atoms with Gasteiger partial charge in [-0.25, -0.2) is 0 Å². The Kier molecular flexibility index (Phi) is 9.27. The number of hydrogen-bond acceptors (Lipinski definition) is 6. The van der Waals surface area contributed by atoms with Crippen LogP contribution in [0.15, 0.2) is 0 Å². The molecule has 0 saturated heterocycles. The highest BCUT2D eigenvalue weighted by molar-refractivity contribution is 7.80. The molecular formula is C13H24N4O5S.